The number of anilines is 1. The van der Waals surface area contributed by atoms with E-state index in [9.17, 15) is 9.90 Å². The van der Waals surface area contributed by atoms with E-state index < -0.39 is 6.04 Å². The van der Waals surface area contributed by atoms with Crippen molar-refractivity contribution >= 4 is 17.1 Å². The summed E-state index contributed by atoms with van der Waals surface area (Å²) in [4.78, 5) is 22.7. The fourth-order valence-corrected chi connectivity index (χ4v) is 1.90. The van der Waals surface area contributed by atoms with Gasteiger partial charge < -0.3 is 20.9 Å². The molecular weight excluding hydrogens is 238 g/mol. The number of hydrogen-bond donors (Lipinski definition) is 4. The molecule has 8 heteroatoms. The SMILES string of the molecule is Nc1nc2nc[nH]c2c(=O)n1C(CO)CCCO. The zero-order valence-electron chi connectivity index (χ0n) is 9.70. The van der Waals surface area contributed by atoms with E-state index in [1.54, 1.807) is 0 Å². The lowest BCUT2D eigenvalue weighted by molar-refractivity contribution is 0.202. The number of hydrogen-bond acceptors (Lipinski definition) is 6. The highest BCUT2D eigenvalue weighted by molar-refractivity contribution is 5.69. The highest BCUT2D eigenvalue weighted by Gasteiger charge is 2.18. The highest BCUT2D eigenvalue weighted by Crippen LogP contribution is 2.15. The number of nitrogens with zero attached hydrogens (tertiary/aromatic N) is 3. The van der Waals surface area contributed by atoms with Crippen molar-refractivity contribution in [3.8, 4) is 0 Å². The molecule has 18 heavy (non-hydrogen) atoms. The number of nitrogens with two attached hydrogens (primary N) is 1. The number of aliphatic hydroxyl groups is 2. The van der Waals surface area contributed by atoms with Crippen LogP contribution in [-0.2, 0) is 0 Å². The van der Waals surface area contributed by atoms with Gasteiger partial charge in [-0.05, 0) is 12.8 Å². The number of rotatable bonds is 5. The largest absolute Gasteiger partial charge is 0.396 e. The van der Waals surface area contributed by atoms with Crippen LogP contribution < -0.4 is 11.3 Å². The van der Waals surface area contributed by atoms with E-state index in [1.807, 2.05) is 0 Å². The molecule has 0 aliphatic carbocycles. The summed E-state index contributed by atoms with van der Waals surface area (Å²) >= 11 is 0. The summed E-state index contributed by atoms with van der Waals surface area (Å²) in [6.45, 7) is -0.254. The van der Waals surface area contributed by atoms with Gasteiger partial charge in [0.05, 0.1) is 19.0 Å². The van der Waals surface area contributed by atoms with Crippen molar-refractivity contribution in [2.75, 3.05) is 18.9 Å². The van der Waals surface area contributed by atoms with E-state index in [4.69, 9.17) is 10.8 Å². The number of fused-ring (bicyclic) bond motifs is 1. The molecule has 5 N–H and O–H groups in total. The molecule has 98 valence electrons. The summed E-state index contributed by atoms with van der Waals surface area (Å²) in [6, 6.07) is -0.496. The van der Waals surface area contributed by atoms with Gasteiger partial charge in [-0.25, -0.2) is 4.98 Å². The summed E-state index contributed by atoms with van der Waals surface area (Å²) in [5, 5.41) is 18.1. The van der Waals surface area contributed by atoms with Gasteiger partial charge in [0.15, 0.2) is 11.2 Å². The Labute approximate surface area is 102 Å². The average molecular weight is 253 g/mol. The Balaban J connectivity index is 2.51. The summed E-state index contributed by atoms with van der Waals surface area (Å²) in [5.41, 5.74) is 5.86. The predicted octanol–water partition coefficient (Wildman–Crippen LogP) is -0.992. The van der Waals surface area contributed by atoms with Gasteiger partial charge in [-0.15, -0.1) is 0 Å². The van der Waals surface area contributed by atoms with Crippen LogP contribution in [0.3, 0.4) is 0 Å². The number of aromatic nitrogens is 4. The van der Waals surface area contributed by atoms with E-state index in [1.165, 1.54) is 10.9 Å². The number of aliphatic hydroxyl groups excluding tert-OH is 2. The molecule has 0 aliphatic heterocycles. The van der Waals surface area contributed by atoms with Crippen LogP contribution in [0.1, 0.15) is 18.9 Å². The Morgan fingerprint density at radius 3 is 2.94 bits per heavy atom. The van der Waals surface area contributed by atoms with Crippen LogP contribution >= 0.6 is 0 Å². The maximum Gasteiger partial charge on any atom is 0.281 e. The highest BCUT2D eigenvalue weighted by atomic mass is 16.3. The van der Waals surface area contributed by atoms with Crippen LogP contribution in [0.15, 0.2) is 11.1 Å². The number of nitrogens with one attached hydrogen (secondary N) is 1. The molecule has 1 unspecified atom stereocenters. The predicted molar refractivity (Wildman–Crippen MR) is 65.0 cm³/mol. The Hall–Kier alpha value is -1.93. The van der Waals surface area contributed by atoms with Crippen LogP contribution in [0.4, 0.5) is 5.95 Å². The smallest absolute Gasteiger partial charge is 0.281 e. The standard InChI is InChI=1S/C10H15N5O3/c11-10-14-8-7(12-5-13-8)9(18)15(10)6(4-17)2-1-3-16/h5-6,16-17H,1-4H2,(H2,11,14)(H,12,13). The molecule has 1 atom stereocenters. The van der Waals surface area contributed by atoms with Crippen molar-refractivity contribution in [2.45, 2.75) is 18.9 Å². The molecular formula is C10H15N5O3. The topological polar surface area (TPSA) is 130 Å². The van der Waals surface area contributed by atoms with E-state index in [-0.39, 0.29) is 35.9 Å². The lowest BCUT2D eigenvalue weighted by Crippen LogP contribution is -2.30. The number of imidazole rings is 1. The lowest BCUT2D eigenvalue weighted by Gasteiger charge is -2.18. The lowest BCUT2D eigenvalue weighted by atomic mass is 10.1. The van der Waals surface area contributed by atoms with Crippen molar-refractivity contribution in [1.29, 1.82) is 0 Å². The van der Waals surface area contributed by atoms with Crippen LogP contribution in [0.2, 0.25) is 0 Å². The second-order valence-corrected chi connectivity index (χ2v) is 3.95. The monoisotopic (exact) mass is 253 g/mol. The van der Waals surface area contributed by atoms with Crippen LogP contribution in [-0.4, -0.2) is 42.9 Å². The Morgan fingerprint density at radius 2 is 2.28 bits per heavy atom. The summed E-state index contributed by atoms with van der Waals surface area (Å²) < 4.78 is 1.23. The molecule has 8 nitrogen and oxygen atoms in total. The maximum absolute atomic E-state index is 12.2. The third-order valence-corrected chi connectivity index (χ3v) is 2.79. The van der Waals surface area contributed by atoms with Gasteiger partial charge in [-0.1, -0.05) is 0 Å². The normalized spacial score (nSPS) is 13.0. The van der Waals surface area contributed by atoms with Gasteiger partial charge in [0.1, 0.15) is 0 Å². The van der Waals surface area contributed by atoms with Crippen molar-refractivity contribution in [3.63, 3.8) is 0 Å². The van der Waals surface area contributed by atoms with Crippen molar-refractivity contribution in [1.82, 2.24) is 19.5 Å². The fourth-order valence-electron chi connectivity index (χ4n) is 1.90. The minimum atomic E-state index is -0.496. The van der Waals surface area contributed by atoms with Crippen molar-refractivity contribution in [2.24, 2.45) is 0 Å². The molecule has 0 bridgehead atoms. The molecule has 0 saturated heterocycles. The van der Waals surface area contributed by atoms with Gasteiger partial charge in [0.2, 0.25) is 5.95 Å². The van der Waals surface area contributed by atoms with Crippen LogP contribution in [0, 0.1) is 0 Å². The van der Waals surface area contributed by atoms with Gasteiger partial charge in [-0.3, -0.25) is 9.36 Å². The number of nitrogen functional groups attached to an aromatic ring is 1. The molecule has 0 aromatic carbocycles. The van der Waals surface area contributed by atoms with Crippen LogP contribution in [0.5, 0.6) is 0 Å². The van der Waals surface area contributed by atoms with Crippen molar-refractivity contribution in [3.05, 3.63) is 16.7 Å². The second kappa shape index (κ2) is 5.15. The summed E-state index contributed by atoms with van der Waals surface area (Å²) in [5.74, 6) is 0.0107. The molecule has 2 aromatic heterocycles. The average Bonchev–Trinajstić information content (AvgIpc) is 2.81. The maximum atomic E-state index is 12.2. The quantitative estimate of drug-likeness (QED) is 0.541. The zero-order valence-corrected chi connectivity index (χ0v) is 9.70. The van der Waals surface area contributed by atoms with E-state index in [2.05, 4.69) is 15.0 Å². The third kappa shape index (κ3) is 2.07. The van der Waals surface area contributed by atoms with Crippen molar-refractivity contribution < 1.29 is 10.2 Å². The Morgan fingerprint density at radius 1 is 1.50 bits per heavy atom. The molecule has 2 aromatic rings. The number of aromatic amines is 1. The molecule has 0 aliphatic rings. The molecule has 0 spiro atoms. The summed E-state index contributed by atoms with van der Waals surface area (Å²) in [6.07, 6.45) is 2.28. The van der Waals surface area contributed by atoms with E-state index in [0.717, 1.165) is 0 Å². The Bertz CT molecular complexity index is 591. The first-order valence-electron chi connectivity index (χ1n) is 5.61. The molecule has 0 radical (unpaired) electrons. The first-order chi connectivity index (χ1) is 8.69. The molecule has 2 heterocycles. The van der Waals surface area contributed by atoms with Gasteiger partial charge in [0, 0.05) is 6.61 Å². The van der Waals surface area contributed by atoms with E-state index >= 15 is 0 Å². The first kappa shape index (κ1) is 12.5. The minimum Gasteiger partial charge on any atom is -0.396 e. The van der Waals surface area contributed by atoms with Crippen LogP contribution in [0.25, 0.3) is 11.2 Å². The zero-order chi connectivity index (χ0) is 13.1. The van der Waals surface area contributed by atoms with Gasteiger partial charge in [0.25, 0.3) is 5.56 Å². The molecule has 2 rings (SSSR count). The number of H-pyrrole nitrogens is 1. The molecule has 0 fully saturated rings. The molecule has 0 saturated carbocycles. The third-order valence-electron chi connectivity index (χ3n) is 2.79. The first-order valence-corrected chi connectivity index (χ1v) is 5.61. The van der Waals surface area contributed by atoms with Gasteiger partial charge in [-0.2, -0.15) is 4.98 Å². The van der Waals surface area contributed by atoms with E-state index in [0.29, 0.717) is 12.8 Å². The molecule has 0 amide bonds. The Kier molecular flexibility index (Phi) is 3.58. The van der Waals surface area contributed by atoms with Gasteiger partial charge >= 0.3 is 0 Å². The minimum absolute atomic E-state index is 0.00904. The fraction of sp³-hybridized carbons (Fsp3) is 0.500. The summed E-state index contributed by atoms with van der Waals surface area (Å²) in [7, 11) is 0. The second-order valence-electron chi connectivity index (χ2n) is 3.95.